The molecule has 0 radical (unpaired) electrons. The zero-order valence-corrected chi connectivity index (χ0v) is 9.74. The van der Waals surface area contributed by atoms with Crippen molar-refractivity contribution in [3.05, 3.63) is 48.0 Å². The first kappa shape index (κ1) is 11.0. The van der Waals surface area contributed by atoms with Crippen LogP contribution in [-0.2, 0) is 6.42 Å². The molecule has 2 aromatic heterocycles. The third-order valence-electron chi connectivity index (χ3n) is 2.99. The van der Waals surface area contributed by atoms with Gasteiger partial charge in [0.25, 0.3) is 0 Å². The summed E-state index contributed by atoms with van der Waals surface area (Å²) in [4.78, 5) is 3.22. The highest BCUT2D eigenvalue weighted by Gasteiger charge is 2.11. The minimum atomic E-state index is -0.241. The van der Waals surface area contributed by atoms with E-state index in [-0.39, 0.29) is 5.82 Å². The quantitative estimate of drug-likeness (QED) is 0.744. The first-order valence-corrected chi connectivity index (χ1v) is 5.83. The summed E-state index contributed by atoms with van der Waals surface area (Å²) in [6, 6.07) is 8.46. The second-order valence-electron chi connectivity index (χ2n) is 4.23. The van der Waals surface area contributed by atoms with Crippen molar-refractivity contribution in [1.82, 2.24) is 4.98 Å². The van der Waals surface area contributed by atoms with Gasteiger partial charge in [0.1, 0.15) is 5.82 Å². The number of H-pyrrole nitrogens is 1. The molecule has 3 nitrogen and oxygen atoms in total. The van der Waals surface area contributed by atoms with Crippen molar-refractivity contribution >= 4 is 10.9 Å². The molecule has 0 unspecified atom stereocenters. The summed E-state index contributed by atoms with van der Waals surface area (Å²) in [6.07, 6.45) is 2.40. The number of furan rings is 1. The number of aromatic amines is 1. The second kappa shape index (κ2) is 4.31. The molecular formula is C14H13FN2O. The molecule has 0 aliphatic rings. The van der Waals surface area contributed by atoms with Gasteiger partial charge in [-0.1, -0.05) is 0 Å². The van der Waals surface area contributed by atoms with Gasteiger partial charge in [-0.2, -0.15) is 0 Å². The molecule has 4 heteroatoms. The summed E-state index contributed by atoms with van der Waals surface area (Å²) < 4.78 is 18.6. The number of hydrogen-bond acceptors (Lipinski definition) is 2. The SMILES string of the molecule is NCCc1ccoc1-c1cc2cc(F)ccc2[nH]1. The standard InChI is InChI=1S/C14H13FN2O/c15-11-1-2-12-10(7-11)8-13(17-12)14-9(3-5-16)4-6-18-14/h1-2,4,6-8,17H,3,5,16H2. The largest absolute Gasteiger partial charge is 0.463 e. The fourth-order valence-electron chi connectivity index (χ4n) is 2.15. The number of benzene rings is 1. The maximum Gasteiger partial charge on any atom is 0.153 e. The molecule has 0 atom stereocenters. The van der Waals surface area contributed by atoms with E-state index in [1.54, 1.807) is 12.3 Å². The monoisotopic (exact) mass is 244 g/mol. The van der Waals surface area contributed by atoms with E-state index in [1.165, 1.54) is 12.1 Å². The highest BCUT2D eigenvalue weighted by atomic mass is 19.1. The Kier molecular flexibility index (Phi) is 2.64. The normalized spacial score (nSPS) is 11.2. The second-order valence-corrected chi connectivity index (χ2v) is 4.23. The van der Waals surface area contributed by atoms with Crippen LogP contribution in [0.2, 0.25) is 0 Å². The molecule has 0 aliphatic heterocycles. The van der Waals surface area contributed by atoms with Crippen LogP contribution in [0.5, 0.6) is 0 Å². The molecule has 2 heterocycles. The molecule has 0 aliphatic carbocycles. The van der Waals surface area contributed by atoms with E-state index in [1.807, 2.05) is 12.1 Å². The molecule has 92 valence electrons. The van der Waals surface area contributed by atoms with Gasteiger partial charge >= 0.3 is 0 Å². The lowest BCUT2D eigenvalue weighted by molar-refractivity contribution is 0.577. The number of hydrogen-bond donors (Lipinski definition) is 2. The molecule has 0 saturated heterocycles. The lowest BCUT2D eigenvalue weighted by Crippen LogP contribution is -2.02. The van der Waals surface area contributed by atoms with E-state index in [0.29, 0.717) is 6.54 Å². The van der Waals surface area contributed by atoms with Crippen molar-refractivity contribution in [2.24, 2.45) is 5.73 Å². The van der Waals surface area contributed by atoms with Crippen molar-refractivity contribution < 1.29 is 8.81 Å². The molecule has 0 saturated carbocycles. The summed E-state index contributed by atoms with van der Waals surface area (Å²) in [5, 5.41) is 0.833. The lowest BCUT2D eigenvalue weighted by Gasteiger charge is -1.97. The molecule has 3 N–H and O–H groups in total. The topological polar surface area (TPSA) is 54.9 Å². The molecule has 1 aromatic carbocycles. The lowest BCUT2D eigenvalue weighted by atomic mass is 10.1. The van der Waals surface area contributed by atoms with E-state index >= 15 is 0 Å². The van der Waals surface area contributed by atoms with Crippen molar-refractivity contribution in [1.29, 1.82) is 0 Å². The predicted molar refractivity (Wildman–Crippen MR) is 68.7 cm³/mol. The molecule has 3 aromatic rings. The maximum absolute atomic E-state index is 13.1. The Bertz CT molecular complexity index is 684. The van der Waals surface area contributed by atoms with Gasteiger partial charge in [-0.05, 0) is 43.3 Å². The van der Waals surface area contributed by atoms with Crippen LogP contribution in [0.1, 0.15) is 5.56 Å². The Morgan fingerprint density at radius 2 is 2.11 bits per heavy atom. The molecule has 18 heavy (non-hydrogen) atoms. The van der Waals surface area contributed by atoms with E-state index in [4.69, 9.17) is 10.2 Å². The van der Waals surface area contributed by atoms with Crippen LogP contribution in [0.4, 0.5) is 4.39 Å². The summed E-state index contributed by atoms with van der Waals surface area (Å²) >= 11 is 0. The van der Waals surface area contributed by atoms with Crippen LogP contribution >= 0.6 is 0 Å². The van der Waals surface area contributed by atoms with Gasteiger partial charge in [-0.15, -0.1) is 0 Å². The van der Waals surface area contributed by atoms with Crippen LogP contribution in [0.25, 0.3) is 22.4 Å². The summed E-state index contributed by atoms with van der Waals surface area (Å²) in [5.41, 5.74) is 8.36. The number of nitrogens with two attached hydrogens (primary N) is 1. The average Bonchev–Trinajstić information content (AvgIpc) is 2.94. The maximum atomic E-state index is 13.1. The molecule has 3 rings (SSSR count). The van der Waals surface area contributed by atoms with Crippen LogP contribution in [0, 0.1) is 5.82 Å². The highest BCUT2D eigenvalue weighted by Crippen LogP contribution is 2.28. The van der Waals surface area contributed by atoms with Crippen LogP contribution < -0.4 is 5.73 Å². The Balaban J connectivity index is 2.10. The minimum absolute atomic E-state index is 0.241. The van der Waals surface area contributed by atoms with Gasteiger partial charge in [-0.3, -0.25) is 0 Å². The predicted octanol–water partition coefficient (Wildman–Crippen LogP) is 3.07. The average molecular weight is 244 g/mol. The van der Waals surface area contributed by atoms with E-state index in [2.05, 4.69) is 4.98 Å². The van der Waals surface area contributed by atoms with Gasteiger partial charge in [0.15, 0.2) is 5.76 Å². The first-order valence-electron chi connectivity index (χ1n) is 5.83. The third kappa shape index (κ3) is 1.80. The van der Waals surface area contributed by atoms with Gasteiger partial charge < -0.3 is 15.1 Å². The van der Waals surface area contributed by atoms with Gasteiger partial charge in [0.2, 0.25) is 0 Å². The molecular weight excluding hydrogens is 231 g/mol. The first-order chi connectivity index (χ1) is 8.78. The minimum Gasteiger partial charge on any atom is -0.463 e. The third-order valence-corrected chi connectivity index (χ3v) is 2.99. The fraction of sp³-hybridized carbons (Fsp3) is 0.143. The molecule has 0 bridgehead atoms. The zero-order valence-electron chi connectivity index (χ0n) is 9.74. The van der Waals surface area contributed by atoms with Crippen molar-refractivity contribution in [2.75, 3.05) is 6.54 Å². The van der Waals surface area contributed by atoms with Gasteiger partial charge in [0.05, 0.1) is 12.0 Å². The molecule has 0 fully saturated rings. The number of halogens is 1. The molecule has 0 spiro atoms. The molecule has 0 amide bonds. The van der Waals surface area contributed by atoms with Crippen LogP contribution in [0.15, 0.2) is 41.0 Å². The Hall–Kier alpha value is -2.07. The van der Waals surface area contributed by atoms with Gasteiger partial charge in [0, 0.05) is 16.5 Å². The van der Waals surface area contributed by atoms with E-state index < -0.39 is 0 Å². The van der Waals surface area contributed by atoms with Crippen LogP contribution in [-0.4, -0.2) is 11.5 Å². The highest BCUT2D eigenvalue weighted by molar-refractivity contribution is 5.85. The van der Waals surface area contributed by atoms with E-state index in [0.717, 1.165) is 34.3 Å². The fourth-order valence-corrected chi connectivity index (χ4v) is 2.15. The number of fused-ring (bicyclic) bond motifs is 1. The zero-order chi connectivity index (χ0) is 12.5. The Labute approximate surface area is 103 Å². The van der Waals surface area contributed by atoms with Crippen molar-refractivity contribution in [3.8, 4) is 11.5 Å². The summed E-state index contributed by atoms with van der Waals surface area (Å²) in [5.74, 6) is 0.534. The van der Waals surface area contributed by atoms with Crippen molar-refractivity contribution in [2.45, 2.75) is 6.42 Å². The Morgan fingerprint density at radius 3 is 2.94 bits per heavy atom. The Morgan fingerprint density at radius 1 is 1.22 bits per heavy atom. The van der Waals surface area contributed by atoms with Gasteiger partial charge in [-0.25, -0.2) is 4.39 Å². The number of aromatic nitrogens is 1. The number of nitrogens with one attached hydrogen (secondary N) is 1. The van der Waals surface area contributed by atoms with E-state index in [9.17, 15) is 4.39 Å². The van der Waals surface area contributed by atoms with Crippen LogP contribution in [0.3, 0.4) is 0 Å². The van der Waals surface area contributed by atoms with Crippen molar-refractivity contribution in [3.63, 3.8) is 0 Å². The summed E-state index contributed by atoms with van der Waals surface area (Å²) in [6.45, 7) is 0.571. The smallest absolute Gasteiger partial charge is 0.153 e. The number of rotatable bonds is 3. The summed E-state index contributed by atoms with van der Waals surface area (Å²) in [7, 11) is 0.